The first-order valence-corrected chi connectivity index (χ1v) is 7.69. The number of ether oxygens (including phenoxy) is 3. The summed E-state index contributed by atoms with van der Waals surface area (Å²) in [4.78, 5) is 47.7. The van der Waals surface area contributed by atoms with Crippen LogP contribution in [0, 0.1) is 17.6 Å². The maximum atomic E-state index is 13.7. The SMILES string of the molecule is COC(=O)C[C@H](C(=O)OC)[C@@H](NC(=O)Cc1ccc(F)cc1F)C(=O)OC. The van der Waals surface area contributed by atoms with E-state index in [1.165, 1.54) is 0 Å². The Bertz CT molecular complexity index is 723. The second-order valence-electron chi connectivity index (χ2n) is 5.39. The standard InChI is InChI=1S/C17H19F2NO7/c1-25-14(22)8-11(16(23)26-2)15(17(24)27-3)20-13(21)6-9-4-5-10(18)7-12(9)19/h4-5,7,11,15H,6,8H2,1-3H3,(H,20,21)/t11-,15+/m0/s1. The van der Waals surface area contributed by atoms with Gasteiger partial charge in [0.2, 0.25) is 5.91 Å². The molecule has 1 amide bonds. The van der Waals surface area contributed by atoms with Crippen LogP contribution in [0.2, 0.25) is 0 Å². The first kappa shape index (κ1) is 22.0. The highest BCUT2D eigenvalue weighted by Crippen LogP contribution is 2.16. The summed E-state index contributed by atoms with van der Waals surface area (Å²) < 4.78 is 40.2. The van der Waals surface area contributed by atoms with Crippen LogP contribution in [0.25, 0.3) is 0 Å². The van der Waals surface area contributed by atoms with Gasteiger partial charge in [-0.3, -0.25) is 14.4 Å². The molecule has 10 heteroatoms. The van der Waals surface area contributed by atoms with Gasteiger partial charge in [0.05, 0.1) is 40.1 Å². The van der Waals surface area contributed by atoms with E-state index in [4.69, 9.17) is 0 Å². The quantitative estimate of drug-likeness (QED) is 0.512. The summed E-state index contributed by atoms with van der Waals surface area (Å²) in [7, 11) is 3.14. The molecule has 1 rings (SSSR count). The molecule has 148 valence electrons. The molecule has 0 fully saturated rings. The molecule has 0 radical (unpaired) electrons. The van der Waals surface area contributed by atoms with E-state index in [2.05, 4.69) is 19.5 Å². The van der Waals surface area contributed by atoms with Crippen molar-refractivity contribution in [3.63, 3.8) is 0 Å². The molecule has 0 saturated heterocycles. The van der Waals surface area contributed by atoms with Gasteiger partial charge in [0.1, 0.15) is 17.7 Å². The van der Waals surface area contributed by atoms with Crippen molar-refractivity contribution in [2.24, 2.45) is 5.92 Å². The predicted octanol–water partition coefficient (Wildman–Crippen LogP) is 0.517. The number of amides is 1. The highest BCUT2D eigenvalue weighted by atomic mass is 19.1. The lowest BCUT2D eigenvalue weighted by Gasteiger charge is -2.23. The largest absolute Gasteiger partial charge is 0.469 e. The van der Waals surface area contributed by atoms with Gasteiger partial charge >= 0.3 is 17.9 Å². The van der Waals surface area contributed by atoms with E-state index in [0.29, 0.717) is 6.07 Å². The molecule has 0 aliphatic heterocycles. The summed E-state index contributed by atoms with van der Waals surface area (Å²) in [5.41, 5.74) is -0.125. The van der Waals surface area contributed by atoms with Crippen molar-refractivity contribution in [3.05, 3.63) is 35.4 Å². The molecule has 0 aliphatic carbocycles. The van der Waals surface area contributed by atoms with E-state index >= 15 is 0 Å². The molecule has 1 aromatic carbocycles. The minimum absolute atomic E-state index is 0.125. The second kappa shape index (κ2) is 10.2. The number of hydrogen-bond acceptors (Lipinski definition) is 7. The number of esters is 3. The Morgan fingerprint density at radius 1 is 1.00 bits per heavy atom. The van der Waals surface area contributed by atoms with Crippen LogP contribution in [-0.4, -0.2) is 51.2 Å². The van der Waals surface area contributed by atoms with Crippen molar-refractivity contribution in [2.75, 3.05) is 21.3 Å². The van der Waals surface area contributed by atoms with Crippen LogP contribution in [0.3, 0.4) is 0 Å². The van der Waals surface area contributed by atoms with Crippen molar-refractivity contribution in [1.82, 2.24) is 5.32 Å². The molecule has 1 aromatic rings. The van der Waals surface area contributed by atoms with Crippen LogP contribution in [0.4, 0.5) is 8.78 Å². The molecule has 27 heavy (non-hydrogen) atoms. The summed E-state index contributed by atoms with van der Waals surface area (Å²) >= 11 is 0. The number of carbonyl (C=O) groups excluding carboxylic acids is 4. The van der Waals surface area contributed by atoms with Crippen molar-refractivity contribution in [1.29, 1.82) is 0 Å². The van der Waals surface area contributed by atoms with E-state index in [0.717, 1.165) is 33.5 Å². The van der Waals surface area contributed by atoms with E-state index in [1.807, 2.05) is 0 Å². The lowest BCUT2D eigenvalue weighted by atomic mass is 9.95. The molecule has 2 atom stereocenters. The lowest BCUT2D eigenvalue weighted by molar-refractivity contribution is -0.159. The van der Waals surface area contributed by atoms with E-state index in [9.17, 15) is 28.0 Å². The van der Waals surface area contributed by atoms with Crippen molar-refractivity contribution in [2.45, 2.75) is 18.9 Å². The fourth-order valence-electron chi connectivity index (χ4n) is 2.26. The highest BCUT2D eigenvalue weighted by molar-refractivity contribution is 5.91. The average molecular weight is 387 g/mol. The van der Waals surface area contributed by atoms with Crippen molar-refractivity contribution >= 4 is 23.8 Å². The maximum Gasteiger partial charge on any atom is 0.329 e. The number of methoxy groups -OCH3 is 3. The van der Waals surface area contributed by atoms with E-state index in [1.54, 1.807) is 0 Å². The maximum absolute atomic E-state index is 13.7. The Morgan fingerprint density at radius 2 is 1.63 bits per heavy atom. The third-order valence-electron chi connectivity index (χ3n) is 3.66. The van der Waals surface area contributed by atoms with Crippen molar-refractivity contribution < 1.29 is 42.2 Å². The van der Waals surface area contributed by atoms with Gasteiger partial charge in [-0.05, 0) is 11.6 Å². The van der Waals surface area contributed by atoms with Crippen LogP contribution in [-0.2, 0) is 39.8 Å². The Kier molecular flexibility index (Phi) is 8.31. The third-order valence-corrected chi connectivity index (χ3v) is 3.66. The number of nitrogens with one attached hydrogen (secondary N) is 1. The fraction of sp³-hybridized carbons (Fsp3) is 0.412. The van der Waals surface area contributed by atoms with Gasteiger partial charge in [-0.25, -0.2) is 13.6 Å². The molecule has 0 aliphatic rings. The van der Waals surface area contributed by atoms with Gasteiger partial charge in [-0.2, -0.15) is 0 Å². The Labute approximate surface area is 153 Å². The molecule has 0 aromatic heterocycles. The number of rotatable bonds is 8. The summed E-state index contributed by atoms with van der Waals surface area (Å²) in [6.45, 7) is 0. The van der Waals surface area contributed by atoms with Crippen LogP contribution < -0.4 is 5.32 Å². The summed E-state index contributed by atoms with van der Waals surface area (Å²) in [5, 5.41) is 2.22. The highest BCUT2D eigenvalue weighted by Gasteiger charge is 2.38. The molecule has 0 spiro atoms. The molecule has 1 N–H and O–H groups in total. The molecule has 0 saturated carbocycles. The minimum Gasteiger partial charge on any atom is -0.469 e. The fourth-order valence-corrected chi connectivity index (χ4v) is 2.26. The van der Waals surface area contributed by atoms with Gasteiger partial charge in [0.15, 0.2) is 0 Å². The molecule has 0 heterocycles. The predicted molar refractivity (Wildman–Crippen MR) is 86.1 cm³/mol. The van der Waals surface area contributed by atoms with Gasteiger partial charge in [-0.15, -0.1) is 0 Å². The van der Waals surface area contributed by atoms with Crippen LogP contribution in [0.1, 0.15) is 12.0 Å². The normalized spacial score (nSPS) is 12.5. The summed E-state index contributed by atoms with van der Waals surface area (Å²) in [5.74, 6) is -6.82. The van der Waals surface area contributed by atoms with E-state index < -0.39 is 60.3 Å². The monoisotopic (exact) mass is 387 g/mol. The first-order valence-electron chi connectivity index (χ1n) is 7.69. The molecular formula is C17H19F2NO7. The summed E-state index contributed by atoms with van der Waals surface area (Å²) in [6, 6.07) is 1.08. The zero-order valence-electron chi connectivity index (χ0n) is 14.9. The van der Waals surface area contributed by atoms with Gasteiger partial charge in [0, 0.05) is 6.07 Å². The molecule has 0 bridgehead atoms. The smallest absolute Gasteiger partial charge is 0.329 e. The average Bonchev–Trinajstić information content (AvgIpc) is 2.65. The topological polar surface area (TPSA) is 108 Å². The Morgan fingerprint density at radius 3 is 2.15 bits per heavy atom. The van der Waals surface area contributed by atoms with E-state index in [-0.39, 0.29) is 5.56 Å². The second-order valence-corrected chi connectivity index (χ2v) is 5.39. The van der Waals surface area contributed by atoms with Gasteiger partial charge in [0.25, 0.3) is 0 Å². The van der Waals surface area contributed by atoms with Gasteiger partial charge < -0.3 is 19.5 Å². The molecule has 8 nitrogen and oxygen atoms in total. The number of hydrogen-bond donors (Lipinski definition) is 1. The van der Waals surface area contributed by atoms with Gasteiger partial charge in [-0.1, -0.05) is 6.07 Å². The zero-order chi connectivity index (χ0) is 20.6. The lowest BCUT2D eigenvalue weighted by Crippen LogP contribution is -2.50. The molecular weight excluding hydrogens is 368 g/mol. The zero-order valence-corrected chi connectivity index (χ0v) is 14.9. The third kappa shape index (κ3) is 6.32. The summed E-state index contributed by atoms with van der Waals surface area (Å²) in [6.07, 6.45) is -1.10. The number of benzene rings is 1. The van der Waals surface area contributed by atoms with Crippen LogP contribution in [0.15, 0.2) is 18.2 Å². The van der Waals surface area contributed by atoms with Crippen molar-refractivity contribution in [3.8, 4) is 0 Å². The number of carbonyl (C=O) groups is 4. The van der Waals surface area contributed by atoms with Crippen LogP contribution >= 0.6 is 0 Å². The Balaban J connectivity index is 3.03. The Hall–Kier alpha value is -3.04. The first-order chi connectivity index (χ1) is 12.7. The molecule has 0 unspecified atom stereocenters. The van der Waals surface area contributed by atoms with Crippen LogP contribution in [0.5, 0.6) is 0 Å². The number of halogens is 2. The minimum atomic E-state index is -1.57.